The van der Waals surface area contributed by atoms with Gasteiger partial charge in [0.25, 0.3) is 5.56 Å². The lowest BCUT2D eigenvalue weighted by Gasteiger charge is -2.24. The van der Waals surface area contributed by atoms with Gasteiger partial charge in [-0.15, -0.1) is 0 Å². The fourth-order valence-electron chi connectivity index (χ4n) is 4.64. The number of carbonyl (C=O) groups is 1. The molecular weight excluding hydrogens is 452 g/mol. The Morgan fingerprint density at radius 1 is 1.17 bits per heavy atom. The highest BCUT2D eigenvalue weighted by molar-refractivity contribution is 5.93. The SMILES string of the molecule is CCC/C=C/c1c2c(nc3ccccc13)-c1cc3c(c(=O)n1C2)COC(=O)[C@@H]3CC.COC(C)(C)C. The van der Waals surface area contributed by atoms with E-state index < -0.39 is 0 Å². The molecule has 190 valence electrons. The van der Waals surface area contributed by atoms with Crippen LogP contribution >= 0.6 is 0 Å². The fraction of sp³-hybridized carbons (Fsp3) is 0.433. The minimum Gasteiger partial charge on any atom is -0.460 e. The van der Waals surface area contributed by atoms with E-state index in [1.165, 1.54) is 0 Å². The van der Waals surface area contributed by atoms with Crippen molar-refractivity contribution in [2.24, 2.45) is 0 Å². The number of pyridine rings is 2. The monoisotopic (exact) mass is 488 g/mol. The molecule has 0 saturated carbocycles. The summed E-state index contributed by atoms with van der Waals surface area (Å²) >= 11 is 0. The van der Waals surface area contributed by atoms with E-state index in [4.69, 9.17) is 14.5 Å². The summed E-state index contributed by atoms with van der Waals surface area (Å²) in [6.07, 6.45) is 7.06. The zero-order chi connectivity index (χ0) is 26.0. The van der Waals surface area contributed by atoms with Crippen LogP contribution in [0.5, 0.6) is 0 Å². The highest BCUT2D eigenvalue weighted by Gasteiger charge is 2.34. The number of ether oxygens (including phenoxy) is 2. The van der Waals surface area contributed by atoms with E-state index in [-0.39, 0.29) is 29.7 Å². The second kappa shape index (κ2) is 10.4. The zero-order valence-corrected chi connectivity index (χ0v) is 22.2. The minimum atomic E-state index is -0.388. The molecule has 36 heavy (non-hydrogen) atoms. The molecule has 2 aliphatic heterocycles. The molecule has 0 bridgehead atoms. The zero-order valence-electron chi connectivity index (χ0n) is 22.2. The fourth-order valence-corrected chi connectivity index (χ4v) is 4.64. The number of hydrogen-bond donors (Lipinski definition) is 0. The largest absolute Gasteiger partial charge is 0.460 e. The summed E-state index contributed by atoms with van der Waals surface area (Å²) in [5.41, 5.74) is 6.14. The summed E-state index contributed by atoms with van der Waals surface area (Å²) in [4.78, 5) is 30.5. The summed E-state index contributed by atoms with van der Waals surface area (Å²) < 4.78 is 12.0. The van der Waals surface area contributed by atoms with Crippen molar-refractivity contribution in [2.75, 3.05) is 7.11 Å². The second-order valence-corrected chi connectivity index (χ2v) is 10.3. The van der Waals surface area contributed by atoms with Gasteiger partial charge in [-0.25, -0.2) is 4.98 Å². The Morgan fingerprint density at radius 2 is 1.89 bits per heavy atom. The number of benzene rings is 1. The van der Waals surface area contributed by atoms with Crippen molar-refractivity contribution in [2.45, 2.75) is 78.6 Å². The highest BCUT2D eigenvalue weighted by Crippen LogP contribution is 2.39. The van der Waals surface area contributed by atoms with E-state index in [1.807, 2.05) is 52.0 Å². The third kappa shape index (κ3) is 4.87. The molecule has 0 N–H and O–H groups in total. The predicted molar refractivity (Wildman–Crippen MR) is 144 cm³/mol. The van der Waals surface area contributed by atoms with Crippen LogP contribution in [0.1, 0.15) is 82.1 Å². The number of nitrogens with zero attached hydrogens (tertiary/aromatic N) is 2. The Kier molecular flexibility index (Phi) is 7.46. The molecule has 0 aliphatic carbocycles. The first kappa shape index (κ1) is 25.8. The van der Waals surface area contributed by atoms with Crippen molar-refractivity contribution in [1.82, 2.24) is 9.55 Å². The quantitative estimate of drug-likeness (QED) is 0.319. The molecule has 6 nitrogen and oxygen atoms in total. The Hall–Kier alpha value is -3.25. The molecule has 0 amide bonds. The standard InChI is InChI=1S/C25H24N2O3.C5H12O/c1-3-5-6-9-16-17-10-7-8-11-21(17)26-23-19(16)13-27-22(23)12-18-15(4-2)25(29)30-14-20(18)24(27)28;1-5(2,3)6-4/h6-12,15H,3-5,13-14H2,1-2H3;1-4H3/b9-6+;/t15-;/m1./s1. The van der Waals surface area contributed by atoms with Crippen LogP contribution in [0.4, 0.5) is 0 Å². The Labute approximate surface area is 213 Å². The van der Waals surface area contributed by atoms with Crippen LogP contribution in [-0.4, -0.2) is 28.2 Å². The van der Waals surface area contributed by atoms with Crippen molar-refractivity contribution in [1.29, 1.82) is 0 Å². The van der Waals surface area contributed by atoms with E-state index in [0.717, 1.165) is 51.8 Å². The molecule has 2 aromatic heterocycles. The Bertz CT molecular complexity index is 1380. The van der Waals surface area contributed by atoms with E-state index in [9.17, 15) is 9.59 Å². The molecule has 0 fully saturated rings. The summed E-state index contributed by atoms with van der Waals surface area (Å²) in [5.74, 6) is -0.636. The van der Waals surface area contributed by atoms with Crippen molar-refractivity contribution >= 4 is 22.9 Å². The molecule has 6 heteroatoms. The second-order valence-electron chi connectivity index (χ2n) is 10.3. The van der Waals surface area contributed by atoms with Crippen molar-refractivity contribution in [3.63, 3.8) is 0 Å². The molecule has 5 rings (SSSR count). The van der Waals surface area contributed by atoms with Gasteiger partial charge in [-0.1, -0.05) is 50.6 Å². The number of aromatic nitrogens is 2. The number of allylic oxidation sites excluding steroid dienone is 1. The van der Waals surface area contributed by atoms with Gasteiger partial charge in [0.05, 0.1) is 40.5 Å². The van der Waals surface area contributed by atoms with Gasteiger partial charge in [0.15, 0.2) is 0 Å². The maximum Gasteiger partial charge on any atom is 0.313 e. The smallest absolute Gasteiger partial charge is 0.313 e. The Balaban J connectivity index is 0.000000455. The van der Waals surface area contributed by atoms with E-state index in [2.05, 4.69) is 25.1 Å². The van der Waals surface area contributed by atoms with Crippen LogP contribution in [0.3, 0.4) is 0 Å². The van der Waals surface area contributed by atoms with Crippen LogP contribution < -0.4 is 5.56 Å². The molecule has 0 radical (unpaired) electrons. The van der Waals surface area contributed by atoms with Crippen LogP contribution in [-0.2, 0) is 27.4 Å². The van der Waals surface area contributed by atoms with E-state index in [1.54, 1.807) is 11.7 Å². The Morgan fingerprint density at radius 3 is 2.56 bits per heavy atom. The molecule has 0 saturated heterocycles. The van der Waals surface area contributed by atoms with Crippen molar-refractivity contribution in [3.05, 3.63) is 69.0 Å². The van der Waals surface area contributed by atoms with Crippen LogP contribution in [0.15, 0.2) is 41.2 Å². The number of methoxy groups -OCH3 is 1. The van der Waals surface area contributed by atoms with Gasteiger partial charge in [0, 0.05) is 18.1 Å². The molecule has 4 heterocycles. The lowest BCUT2D eigenvalue weighted by molar-refractivity contribution is -0.148. The molecule has 3 aromatic rings. The average molecular weight is 489 g/mol. The number of para-hydroxylation sites is 1. The van der Waals surface area contributed by atoms with Gasteiger partial charge in [-0.3, -0.25) is 9.59 Å². The van der Waals surface area contributed by atoms with Gasteiger partial charge in [0.1, 0.15) is 6.61 Å². The first-order valence-corrected chi connectivity index (χ1v) is 12.8. The van der Waals surface area contributed by atoms with Gasteiger partial charge in [-0.2, -0.15) is 0 Å². The first-order valence-electron chi connectivity index (χ1n) is 12.8. The van der Waals surface area contributed by atoms with Gasteiger partial charge in [-0.05, 0) is 56.9 Å². The summed E-state index contributed by atoms with van der Waals surface area (Å²) in [6.45, 7) is 10.7. The van der Waals surface area contributed by atoms with Crippen LogP contribution in [0.25, 0.3) is 28.4 Å². The normalized spacial score (nSPS) is 16.3. The van der Waals surface area contributed by atoms with E-state index in [0.29, 0.717) is 18.5 Å². The summed E-state index contributed by atoms with van der Waals surface area (Å²) in [5, 5.41) is 1.10. The molecule has 0 unspecified atom stereocenters. The van der Waals surface area contributed by atoms with Crippen LogP contribution in [0.2, 0.25) is 0 Å². The molecule has 2 aliphatic rings. The molecule has 1 atom stereocenters. The number of cyclic esters (lactones) is 1. The third-order valence-electron chi connectivity index (χ3n) is 6.81. The molecule has 0 spiro atoms. The van der Waals surface area contributed by atoms with E-state index >= 15 is 0 Å². The first-order chi connectivity index (χ1) is 17.2. The maximum atomic E-state index is 13.3. The molecular formula is C30H36N2O4. The average Bonchev–Trinajstić information content (AvgIpc) is 3.22. The number of rotatable bonds is 4. The number of unbranched alkanes of at least 4 members (excludes halogenated alkanes) is 1. The number of esters is 1. The molecule has 1 aromatic carbocycles. The van der Waals surface area contributed by atoms with Gasteiger partial charge < -0.3 is 14.0 Å². The lowest BCUT2D eigenvalue weighted by atomic mass is 9.90. The summed E-state index contributed by atoms with van der Waals surface area (Å²) in [6, 6.07) is 10.1. The van der Waals surface area contributed by atoms with Crippen molar-refractivity contribution < 1.29 is 14.3 Å². The van der Waals surface area contributed by atoms with Crippen molar-refractivity contribution in [3.8, 4) is 11.4 Å². The lowest BCUT2D eigenvalue weighted by Crippen LogP contribution is -2.32. The maximum absolute atomic E-state index is 13.3. The predicted octanol–water partition coefficient (Wildman–Crippen LogP) is 6.22. The van der Waals surface area contributed by atoms with Crippen LogP contribution in [0, 0.1) is 0 Å². The minimum absolute atomic E-state index is 0.0417. The van der Waals surface area contributed by atoms with Gasteiger partial charge in [0.2, 0.25) is 0 Å². The summed E-state index contributed by atoms with van der Waals surface area (Å²) in [7, 11) is 1.71. The number of fused-ring (bicyclic) bond motifs is 5. The third-order valence-corrected chi connectivity index (χ3v) is 6.81. The van der Waals surface area contributed by atoms with Gasteiger partial charge >= 0.3 is 5.97 Å². The topological polar surface area (TPSA) is 70.4 Å². The number of hydrogen-bond acceptors (Lipinski definition) is 5. The highest BCUT2D eigenvalue weighted by atomic mass is 16.5. The number of carbonyl (C=O) groups excluding carboxylic acids is 1.